The molecule has 1 heterocycles. The van der Waals surface area contributed by atoms with Crippen molar-refractivity contribution in [2.24, 2.45) is 0 Å². The lowest BCUT2D eigenvalue weighted by atomic mass is 10.1. The van der Waals surface area contributed by atoms with Gasteiger partial charge in [0, 0.05) is 17.5 Å². The van der Waals surface area contributed by atoms with E-state index >= 15 is 0 Å². The van der Waals surface area contributed by atoms with Gasteiger partial charge in [0.2, 0.25) is 0 Å². The SMILES string of the molecule is CCNc1nc(-c2ccc3c(c2)CCC3)cs1. The molecule has 0 atom stereocenters. The highest BCUT2D eigenvalue weighted by molar-refractivity contribution is 7.14. The molecule has 0 radical (unpaired) electrons. The van der Waals surface area contributed by atoms with Crippen LogP contribution in [0.15, 0.2) is 23.6 Å². The summed E-state index contributed by atoms with van der Waals surface area (Å²) in [5.41, 5.74) is 5.39. The van der Waals surface area contributed by atoms with Crippen LogP contribution in [0.5, 0.6) is 0 Å². The van der Waals surface area contributed by atoms with Crippen molar-refractivity contribution in [1.82, 2.24) is 4.98 Å². The van der Waals surface area contributed by atoms with Crippen molar-refractivity contribution in [3.8, 4) is 11.3 Å². The van der Waals surface area contributed by atoms with Crippen molar-refractivity contribution in [3.63, 3.8) is 0 Å². The van der Waals surface area contributed by atoms with Crippen LogP contribution < -0.4 is 5.32 Å². The normalized spacial score (nSPS) is 13.7. The summed E-state index contributed by atoms with van der Waals surface area (Å²) < 4.78 is 0. The highest BCUT2D eigenvalue weighted by atomic mass is 32.1. The number of rotatable bonds is 3. The third-order valence-electron chi connectivity index (χ3n) is 3.23. The quantitative estimate of drug-likeness (QED) is 0.890. The molecule has 0 unspecified atom stereocenters. The summed E-state index contributed by atoms with van der Waals surface area (Å²) in [7, 11) is 0. The van der Waals surface area contributed by atoms with E-state index in [-0.39, 0.29) is 0 Å². The van der Waals surface area contributed by atoms with Crippen LogP contribution in [0, 0.1) is 0 Å². The summed E-state index contributed by atoms with van der Waals surface area (Å²) in [5, 5.41) is 6.41. The van der Waals surface area contributed by atoms with Crippen LogP contribution in [0.2, 0.25) is 0 Å². The molecule has 2 nitrogen and oxygen atoms in total. The van der Waals surface area contributed by atoms with E-state index in [0.29, 0.717) is 0 Å². The van der Waals surface area contributed by atoms with Crippen molar-refractivity contribution in [2.45, 2.75) is 26.2 Å². The zero-order valence-electron chi connectivity index (χ0n) is 9.99. The lowest BCUT2D eigenvalue weighted by Crippen LogP contribution is -1.95. The van der Waals surface area contributed by atoms with Gasteiger partial charge in [-0.2, -0.15) is 0 Å². The molecule has 17 heavy (non-hydrogen) atoms. The Morgan fingerprint density at radius 3 is 3.06 bits per heavy atom. The second-order valence-corrected chi connectivity index (χ2v) is 5.26. The minimum absolute atomic E-state index is 0.928. The van der Waals surface area contributed by atoms with Gasteiger partial charge in [-0.25, -0.2) is 4.98 Å². The Morgan fingerprint density at radius 2 is 2.18 bits per heavy atom. The first-order valence-corrected chi connectivity index (χ1v) is 7.06. The minimum atomic E-state index is 0.928. The molecular formula is C14H16N2S. The molecule has 1 N–H and O–H groups in total. The predicted molar refractivity (Wildman–Crippen MR) is 73.7 cm³/mol. The Bertz CT molecular complexity index is 531. The maximum Gasteiger partial charge on any atom is 0.183 e. The first kappa shape index (κ1) is 10.8. The number of anilines is 1. The molecule has 1 aromatic carbocycles. The Balaban J connectivity index is 1.92. The van der Waals surface area contributed by atoms with Gasteiger partial charge in [0.15, 0.2) is 5.13 Å². The average Bonchev–Trinajstić information content (AvgIpc) is 2.96. The monoisotopic (exact) mass is 244 g/mol. The molecule has 0 aliphatic heterocycles. The van der Waals surface area contributed by atoms with Gasteiger partial charge in [-0.1, -0.05) is 12.1 Å². The molecular weight excluding hydrogens is 228 g/mol. The fourth-order valence-electron chi connectivity index (χ4n) is 2.37. The third-order valence-corrected chi connectivity index (χ3v) is 4.03. The van der Waals surface area contributed by atoms with Crippen molar-refractivity contribution in [2.75, 3.05) is 11.9 Å². The van der Waals surface area contributed by atoms with Gasteiger partial charge in [0.05, 0.1) is 5.69 Å². The number of hydrogen-bond acceptors (Lipinski definition) is 3. The Hall–Kier alpha value is -1.35. The highest BCUT2D eigenvalue weighted by Gasteiger charge is 2.12. The molecule has 0 saturated heterocycles. The predicted octanol–water partition coefficient (Wildman–Crippen LogP) is 3.73. The van der Waals surface area contributed by atoms with E-state index in [9.17, 15) is 0 Å². The summed E-state index contributed by atoms with van der Waals surface area (Å²) in [5.74, 6) is 0. The van der Waals surface area contributed by atoms with Crippen molar-refractivity contribution < 1.29 is 0 Å². The van der Waals surface area contributed by atoms with E-state index in [1.807, 2.05) is 0 Å². The minimum Gasteiger partial charge on any atom is -0.362 e. The molecule has 0 saturated carbocycles. The van der Waals surface area contributed by atoms with Gasteiger partial charge in [-0.05, 0) is 43.4 Å². The Labute approximate surface area is 106 Å². The van der Waals surface area contributed by atoms with E-state index in [2.05, 4.69) is 40.8 Å². The van der Waals surface area contributed by atoms with Crippen molar-refractivity contribution in [1.29, 1.82) is 0 Å². The molecule has 1 aromatic heterocycles. The van der Waals surface area contributed by atoms with Crippen molar-refractivity contribution >= 4 is 16.5 Å². The lowest BCUT2D eigenvalue weighted by Gasteiger charge is -2.02. The van der Waals surface area contributed by atoms with E-state index in [0.717, 1.165) is 17.4 Å². The molecule has 1 aliphatic carbocycles. The van der Waals surface area contributed by atoms with Crippen LogP contribution in [0.1, 0.15) is 24.5 Å². The molecule has 0 spiro atoms. The number of benzene rings is 1. The fraction of sp³-hybridized carbons (Fsp3) is 0.357. The summed E-state index contributed by atoms with van der Waals surface area (Å²) in [6, 6.07) is 6.78. The largest absolute Gasteiger partial charge is 0.362 e. The first-order chi connectivity index (χ1) is 8.36. The zero-order valence-corrected chi connectivity index (χ0v) is 10.8. The number of aromatic nitrogens is 1. The van der Waals surface area contributed by atoms with Crippen LogP contribution in [0.3, 0.4) is 0 Å². The smallest absolute Gasteiger partial charge is 0.183 e. The number of hydrogen-bond donors (Lipinski definition) is 1. The molecule has 1 aliphatic rings. The standard InChI is InChI=1S/C14H16N2S/c1-2-15-14-16-13(9-17-14)12-7-6-10-4-3-5-11(10)8-12/h6-9H,2-5H2,1H3,(H,15,16). The highest BCUT2D eigenvalue weighted by Crippen LogP contribution is 2.29. The third kappa shape index (κ3) is 2.07. The molecule has 0 bridgehead atoms. The zero-order chi connectivity index (χ0) is 11.7. The lowest BCUT2D eigenvalue weighted by molar-refractivity contribution is 0.912. The van der Waals surface area contributed by atoms with Crippen molar-refractivity contribution in [3.05, 3.63) is 34.7 Å². The number of thiazole rings is 1. The van der Waals surface area contributed by atoms with Gasteiger partial charge in [0.1, 0.15) is 0 Å². The number of nitrogens with one attached hydrogen (secondary N) is 1. The molecule has 0 amide bonds. The van der Waals surface area contributed by atoms with E-state index < -0.39 is 0 Å². The first-order valence-electron chi connectivity index (χ1n) is 6.18. The molecule has 88 valence electrons. The molecule has 3 heteroatoms. The van der Waals surface area contributed by atoms with E-state index in [4.69, 9.17) is 0 Å². The van der Waals surface area contributed by atoms with Gasteiger partial charge in [0.25, 0.3) is 0 Å². The Morgan fingerprint density at radius 1 is 1.29 bits per heavy atom. The number of nitrogens with zero attached hydrogens (tertiary/aromatic N) is 1. The topological polar surface area (TPSA) is 24.9 Å². The van der Waals surface area contributed by atoms with Crippen LogP contribution in [-0.4, -0.2) is 11.5 Å². The van der Waals surface area contributed by atoms with Crippen LogP contribution >= 0.6 is 11.3 Å². The molecule has 3 rings (SSSR count). The molecule has 2 aromatic rings. The molecule has 0 fully saturated rings. The van der Waals surface area contributed by atoms with Gasteiger partial charge in [-0.15, -0.1) is 11.3 Å². The van der Waals surface area contributed by atoms with Crippen LogP contribution in [0.25, 0.3) is 11.3 Å². The number of aryl methyl sites for hydroxylation is 2. The Kier molecular flexibility index (Phi) is 2.85. The maximum absolute atomic E-state index is 4.60. The summed E-state index contributed by atoms with van der Waals surface area (Å²) >= 11 is 1.68. The second-order valence-electron chi connectivity index (χ2n) is 4.41. The number of fused-ring (bicyclic) bond motifs is 1. The average molecular weight is 244 g/mol. The van der Waals surface area contributed by atoms with Gasteiger partial charge in [-0.3, -0.25) is 0 Å². The van der Waals surface area contributed by atoms with E-state index in [1.54, 1.807) is 11.3 Å². The summed E-state index contributed by atoms with van der Waals surface area (Å²) in [6.45, 7) is 3.02. The summed E-state index contributed by atoms with van der Waals surface area (Å²) in [6.07, 6.45) is 3.78. The second kappa shape index (κ2) is 4.49. The van der Waals surface area contributed by atoms with Crippen LogP contribution in [-0.2, 0) is 12.8 Å². The van der Waals surface area contributed by atoms with E-state index in [1.165, 1.54) is 36.0 Å². The van der Waals surface area contributed by atoms with Gasteiger partial charge >= 0.3 is 0 Å². The maximum atomic E-state index is 4.60. The fourth-order valence-corrected chi connectivity index (χ4v) is 3.16. The van der Waals surface area contributed by atoms with Gasteiger partial charge < -0.3 is 5.32 Å². The van der Waals surface area contributed by atoms with Crippen LogP contribution in [0.4, 0.5) is 5.13 Å². The summed E-state index contributed by atoms with van der Waals surface area (Å²) in [4.78, 5) is 4.60.